The van der Waals surface area contributed by atoms with Gasteiger partial charge in [-0.1, -0.05) is 0 Å². The summed E-state index contributed by atoms with van der Waals surface area (Å²) in [5, 5.41) is 0. The Labute approximate surface area is 117 Å². The average Bonchev–Trinajstić information content (AvgIpc) is 2.70. The molecule has 2 heterocycles. The van der Waals surface area contributed by atoms with Crippen molar-refractivity contribution in [3.05, 3.63) is 17.3 Å². The van der Waals surface area contributed by atoms with Gasteiger partial charge in [0, 0.05) is 31.0 Å². The van der Waals surface area contributed by atoms with Crippen molar-refractivity contribution in [2.45, 2.75) is 32.9 Å². The van der Waals surface area contributed by atoms with Crippen LogP contribution in [0.25, 0.3) is 0 Å². The summed E-state index contributed by atoms with van der Waals surface area (Å²) in [7, 11) is 1.44. The molecule has 0 saturated carbocycles. The minimum Gasteiger partial charge on any atom is -0.469 e. The van der Waals surface area contributed by atoms with Crippen LogP contribution >= 0.6 is 11.8 Å². The number of thioether (sulfide) groups is 1. The van der Waals surface area contributed by atoms with Crippen molar-refractivity contribution < 1.29 is 13.9 Å². The lowest BCUT2D eigenvalue weighted by atomic mass is 10.2. The van der Waals surface area contributed by atoms with E-state index in [2.05, 4.69) is 9.88 Å². The number of aryl methyl sites for hydroxylation is 2. The van der Waals surface area contributed by atoms with E-state index in [1.165, 1.54) is 7.11 Å². The molecule has 0 aromatic carbocycles. The summed E-state index contributed by atoms with van der Waals surface area (Å²) in [5.41, 5.74) is 0.938. The second kappa shape index (κ2) is 6.43. The predicted molar refractivity (Wildman–Crippen MR) is 74.1 cm³/mol. The monoisotopic (exact) mass is 284 g/mol. The smallest absolute Gasteiger partial charge is 0.307 e. The Kier molecular flexibility index (Phi) is 4.87. The van der Waals surface area contributed by atoms with Crippen LogP contribution in [0.1, 0.15) is 23.8 Å². The van der Waals surface area contributed by atoms with Gasteiger partial charge in [-0.05, 0) is 6.92 Å². The van der Waals surface area contributed by atoms with Gasteiger partial charge in [0.2, 0.25) is 0 Å². The number of carbonyl (C=O) groups is 1. The Morgan fingerprint density at radius 2 is 2.37 bits per heavy atom. The molecule has 1 aliphatic rings. The first-order chi connectivity index (χ1) is 9.10. The van der Waals surface area contributed by atoms with Crippen molar-refractivity contribution in [1.29, 1.82) is 0 Å². The molecule has 19 heavy (non-hydrogen) atoms. The molecular weight excluding hydrogens is 264 g/mol. The fourth-order valence-electron chi connectivity index (χ4n) is 2.27. The fourth-order valence-corrected chi connectivity index (χ4v) is 3.40. The van der Waals surface area contributed by atoms with Crippen LogP contribution in [0.3, 0.4) is 0 Å². The highest BCUT2D eigenvalue weighted by Crippen LogP contribution is 2.23. The first kappa shape index (κ1) is 14.4. The summed E-state index contributed by atoms with van der Waals surface area (Å²) in [4.78, 5) is 18.0. The number of esters is 1. The van der Waals surface area contributed by atoms with Gasteiger partial charge in [0.15, 0.2) is 5.89 Å². The van der Waals surface area contributed by atoms with Crippen LogP contribution in [0.4, 0.5) is 0 Å². The van der Waals surface area contributed by atoms with E-state index in [0.29, 0.717) is 12.3 Å². The third-order valence-corrected chi connectivity index (χ3v) is 4.42. The Morgan fingerprint density at radius 3 is 3.00 bits per heavy atom. The molecule has 0 aliphatic carbocycles. The maximum absolute atomic E-state index is 11.5. The average molecular weight is 284 g/mol. The predicted octanol–water partition coefficient (Wildman–Crippen LogP) is 1.77. The Hall–Kier alpha value is -1.01. The summed E-state index contributed by atoms with van der Waals surface area (Å²) in [6, 6.07) is 0.219. The molecule has 1 aromatic heterocycles. The van der Waals surface area contributed by atoms with Crippen molar-refractivity contribution >= 4 is 17.7 Å². The molecule has 1 atom stereocenters. The van der Waals surface area contributed by atoms with E-state index in [4.69, 9.17) is 9.15 Å². The van der Waals surface area contributed by atoms with E-state index >= 15 is 0 Å². The van der Waals surface area contributed by atoms with Crippen molar-refractivity contribution in [2.75, 3.05) is 25.2 Å². The van der Waals surface area contributed by atoms with Crippen LogP contribution in [0.2, 0.25) is 0 Å². The molecule has 5 nitrogen and oxygen atoms in total. The molecular formula is C13H20N2O3S. The third-order valence-electron chi connectivity index (χ3n) is 3.33. The minimum absolute atomic E-state index is 0.150. The Morgan fingerprint density at radius 1 is 1.58 bits per heavy atom. The number of methoxy groups -OCH3 is 1. The lowest BCUT2D eigenvalue weighted by Gasteiger charge is -2.34. The third kappa shape index (κ3) is 3.73. The summed E-state index contributed by atoms with van der Waals surface area (Å²) >= 11 is 1.88. The standard InChI is InChI=1S/C13H20N2O3S/c1-9-12(18-10(2)14-9)7-15-4-5-19-8-11(15)6-13(16)17-3/h11H,4-8H2,1-3H3/t11-/m1/s1. The zero-order chi connectivity index (χ0) is 13.8. The molecule has 0 amide bonds. The second-order valence-electron chi connectivity index (χ2n) is 4.72. The van der Waals surface area contributed by atoms with Gasteiger partial charge in [0.25, 0.3) is 0 Å². The number of ether oxygens (including phenoxy) is 1. The van der Waals surface area contributed by atoms with Gasteiger partial charge in [0.1, 0.15) is 5.76 Å². The van der Waals surface area contributed by atoms with Crippen LogP contribution in [0.5, 0.6) is 0 Å². The van der Waals surface area contributed by atoms with E-state index in [1.807, 2.05) is 25.6 Å². The van der Waals surface area contributed by atoms with Crippen LogP contribution in [-0.2, 0) is 16.1 Å². The van der Waals surface area contributed by atoms with Gasteiger partial charge < -0.3 is 9.15 Å². The zero-order valence-electron chi connectivity index (χ0n) is 11.6. The van der Waals surface area contributed by atoms with E-state index < -0.39 is 0 Å². The number of hydrogen-bond donors (Lipinski definition) is 0. The van der Waals surface area contributed by atoms with Crippen LogP contribution in [0.15, 0.2) is 4.42 Å². The molecule has 1 aliphatic heterocycles. The van der Waals surface area contributed by atoms with Gasteiger partial charge >= 0.3 is 5.97 Å². The normalized spacial score (nSPS) is 20.5. The van der Waals surface area contributed by atoms with E-state index in [9.17, 15) is 4.79 Å². The topological polar surface area (TPSA) is 55.6 Å². The molecule has 0 N–H and O–H groups in total. The first-order valence-corrected chi connectivity index (χ1v) is 7.57. The molecule has 0 spiro atoms. The van der Waals surface area contributed by atoms with E-state index in [1.54, 1.807) is 0 Å². The minimum atomic E-state index is -0.150. The number of nitrogens with zero attached hydrogens (tertiary/aromatic N) is 2. The SMILES string of the molecule is COC(=O)C[C@@H]1CSCCN1Cc1oc(C)nc1C. The molecule has 2 rings (SSSR count). The van der Waals surface area contributed by atoms with Crippen molar-refractivity contribution in [1.82, 2.24) is 9.88 Å². The highest BCUT2D eigenvalue weighted by molar-refractivity contribution is 7.99. The summed E-state index contributed by atoms with van der Waals surface area (Å²) in [6.07, 6.45) is 0.440. The molecule has 0 radical (unpaired) electrons. The number of carbonyl (C=O) groups excluding carboxylic acids is 1. The summed E-state index contributed by atoms with van der Waals surface area (Å²) in [6.45, 7) is 5.49. The molecule has 1 fully saturated rings. The lowest BCUT2D eigenvalue weighted by molar-refractivity contribution is -0.141. The number of rotatable bonds is 4. The Balaban J connectivity index is 2.03. The molecule has 1 aromatic rings. The van der Waals surface area contributed by atoms with Gasteiger partial charge in [-0.25, -0.2) is 4.98 Å². The quantitative estimate of drug-likeness (QED) is 0.786. The van der Waals surface area contributed by atoms with E-state index in [0.717, 1.165) is 36.0 Å². The maximum Gasteiger partial charge on any atom is 0.307 e. The van der Waals surface area contributed by atoms with Crippen LogP contribution in [-0.4, -0.2) is 47.1 Å². The van der Waals surface area contributed by atoms with Crippen molar-refractivity contribution in [2.24, 2.45) is 0 Å². The van der Waals surface area contributed by atoms with Crippen molar-refractivity contribution in [3.63, 3.8) is 0 Å². The van der Waals surface area contributed by atoms with Gasteiger partial charge in [-0.3, -0.25) is 9.69 Å². The molecule has 106 valence electrons. The van der Waals surface area contributed by atoms with E-state index in [-0.39, 0.29) is 12.0 Å². The van der Waals surface area contributed by atoms with Gasteiger partial charge in [0.05, 0.1) is 25.8 Å². The highest BCUT2D eigenvalue weighted by Gasteiger charge is 2.27. The van der Waals surface area contributed by atoms with Gasteiger partial charge in [-0.2, -0.15) is 11.8 Å². The highest BCUT2D eigenvalue weighted by atomic mass is 32.2. The largest absolute Gasteiger partial charge is 0.469 e. The first-order valence-electron chi connectivity index (χ1n) is 6.41. The molecule has 0 bridgehead atoms. The number of oxazole rings is 1. The van der Waals surface area contributed by atoms with Gasteiger partial charge in [-0.15, -0.1) is 0 Å². The van der Waals surface area contributed by atoms with Crippen LogP contribution < -0.4 is 0 Å². The maximum atomic E-state index is 11.5. The summed E-state index contributed by atoms with van der Waals surface area (Å²) in [5.74, 6) is 3.50. The molecule has 6 heteroatoms. The number of hydrogen-bond acceptors (Lipinski definition) is 6. The molecule has 0 unspecified atom stereocenters. The zero-order valence-corrected chi connectivity index (χ0v) is 12.5. The summed E-state index contributed by atoms with van der Waals surface area (Å²) < 4.78 is 10.4. The fraction of sp³-hybridized carbons (Fsp3) is 0.692. The number of aromatic nitrogens is 1. The molecule has 1 saturated heterocycles. The second-order valence-corrected chi connectivity index (χ2v) is 5.87. The Bertz CT molecular complexity index is 447. The van der Waals surface area contributed by atoms with Crippen LogP contribution in [0, 0.1) is 13.8 Å². The lowest BCUT2D eigenvalue weighted by Crippen LogP contribution is -2.43. The van der Waals surface area contributed by atoms with Crippen molar-refractivity contribution in [3.8, 4) is 0 Å².